The van der Waals surface area contributed by atoms with Gasteiger partial charge in [0.15, 0.2) is 11.6 Å². The zero-order valence-corrected chi connectivity index (χ0v) is 11.0. The average molecular weight is 243 g/mol. The Labute approximate surface area is 102 Å². The van der Waals surface area contributed by atoms with Crippen molar-refractivity contribution in [3.63, 3.8) is 0 Å². The fraction of sp³-hybridized carbons (Fsp3) is 0.727. The van der Waals surface area contributed by atoms with Crippen LogP contribution in [0.4, 0.5) is 0 Å². The molecular weight excluding hydrogens is 222 g/mol. The van der Waals surface area contributed by atoms with Crippen LogP contribution in [-0.2, 0) is 14.3 Å². The zero-order chi connectivity index (χ0) is 13.6. The predicted molar refractivity (Wildman–Crippen MR) is 65.4 cm³/mol. The van der Waals surface area contributed by atoms with Gasteiger partial charge in [0.05, 0.1) is 0 Å². The maximum Gasteiger partial charge on any atom is 0.303 e. The van der Waals surface area contributed by atoms with Crippen LogP contribution in [0.15, 0.2) is 4.99 Å². The first kappa shape index (κ1) is 15.4. The highest BCUT2D eigenvalue weighted by atomic mass is 16.6. The van der Waals surface area contributed by atoms with E-state index in [1.807, 2.05) is 13.8 Å². The van der Waals surface area contributed by atoms with E-state index in [4.69, 9.17) is 10.5 Å². The van der Waals surface area contributed by atoms with Crippen molar-refractivity contribution in [1.29, 1.82) is 0 Å². The van der Waals surface area contributed by atoms with E-state index in [-0.39, 0.29) is 12.0 Å². The molecule has 0 heterocycles. The molecule has 0 aromatic heterocycles. The van der Waals surface area contributed by atoms with Gasteiger partial charge in [0, 0.05) is 13.0 Å². The van der Waals surface area contributed by atoms with E-state index >= 15 is 0 Å². The van der Waals surface area contributed by atoms with Crippen molar-refractivity contribution in [2.24, 2.45) is 10.7 Å². The van der Waals surface area contributed by atoms with Gasteiger partial charge >= 0.3 is 5.97 Å². The second kappa shape index (κ2) is 6.22. The lowest BCUT2D eigenvalue weighted by atomic mass is 10.0. The number of amides is 1. The summed E-state index contributed by atoms with van der Waals surface area (Å²) in [6, 6.07) is -0.0168. The summed E-state index contributed by atoms with van der Waals surface area (Å²) in [4.78, 5) is 26.8. The van der Waals surface area contributed by atoms with Gasteiger partial charge in [-0.05, 0) is 27.2 Å². The number of ether oxygens (including phenoxy) is 1. The second-order valence-corrected chi connectivity index (χ2v) is 4.24. The molecule has 0 spiro atoms. The molecular formula is C11H21N3O3. The van der Waals surface area contributed by atoms with Gasteiger partial charge in [-0.3, -0.25) is 19.9 Å². The Morgan fingerprint density at radius 1 is 1.47 bits per heavy atom. The lowest BCUT2D eigenvalue weighted by molar-refractivity contribution is -0.164. The van der Waals surface area contributed by atoms with Gasteiger partial charge in [0.25, 0.3) is 5.91 Å². The number of nitrogens with two attached hydrogens (primary N) is 1. The Morgan fingerprint density at radius 2 is 2.00 bits per heavy atom. The van der Waals surface area contributed by atoms with Gasteiger partial charge in [0.1, 0.15) is 0 Å². The Bertz CT molecular complexity index is 326. The number of carbonyl (C=O) groups excluding carboxylic acids is 2. The van der Waals surface area contributed by atoms with Crippen LogP contribution in [0.25, 0.3) is 0 Å². The molecule has 6 heteroatoms. The topological polar surface area (TPSA) is 93.8 Å². The minimum atomic E-state index is -1.22. The summed E-state index contributed by atoms with van der Waals surface area (Å²) in [6.07, 6.45) is 0.355. The van der Waals surface area contributed by atoms with Gasteiger partial charge < -0.3 is 10.5 Å². The van der Waals surface area contributed by atoms with Crippen LogP contribution >= 0.6 is 0 Å². The maximum absolute atomic E-state index is 11.9. The van der Waals surface area contributed by atoms with Crippen LogP contribution in [0.2, 0.25) is 0 Å². The van der Waals surface area contributed by atoms with Crippen LogP contribution in [0.5, 0.6) is 0 Å². The Kier molecular flexibility index (Phi) is 5.64. The zero-order valence-electron chi connectivity index (χ0n) is 11.0. The van der Waals surface area contributed by atoms with E-state index in [9.17, 15) is 9.59 Å². The lowest BCUT2D eigenvalue weighted by Crippen LogP contribution is -2.51. The molecule has 0 fully saturated rings. The van der Waals surface area contributed by atoms with E-state index in [0.29, 0.717) is 6.42 Å². The fourth-order valence-corrected chi connectivity index (χ4v) is 1.16. The minimum Gasteiger partial charge on any atom is -0.449 e. The highest BCUT2D eigenvalue weighted by molar-refractivity contribution is 6.00. The molecule has 0 aliphatic rings. The number of carbonyl (C=O) groups is 2. The molecule has 3 N–H and O–H groups in total. The summed E-state index contributed by atoms with van der Waals surface area (Å²) in [5.41, 5.74) is 4.32. The molecule has 17 heavy (non-hydrogen) atoms. The molecule has 0 aromatic carbocycles. The number of rotatable bonds is 4. The molecule has 1 unspecified atom stereocenters. The number of aliphatic imine (C=N–C) groups is 1. The van der Waals surface area contributed by atoms with Gasteiger partial charge in [-0.15, -0.1) is 0 Å². The van der Waals surface area contributed by atoms with E-state index < -0.39 is 17.5 Å². The first-order valence-corrected chi connectivity index (χ1v) is 5.55. The Morgan fingerprint density at radius 3 is 2.35 bits per heavy atom. The second-order valence-electron chi connectivity index (χ2n) is 4.24. The summed E-state index contributed by atoms with van der Waals surface area (Å²) in [5, 5.41) is 2.42. The first-order chi connectivity index (χ1) is 7.71. The van der Waals surface area contributed by atoms with Gasteiger partial charge in [0.2, 0.25) is 0 Å². The van der Waals surface area contributed by atoms with Crippen molar-refractivity contribution in [3.05, 3.63) is 0 Å². The average Bonchev–Trinajstić information content (AvgIpc) is 2.14. The van der Waals surface area contributed by atoms with Crippen molar-refractivity contribution in [3.8, 4) is 0 Å². The smallest absolute Gasteiger partial charge is 0.303 e. The summed E-state index contributed by atoms with van der Waals surface area (Å²) < 4.78 is 4.99. The van der Waals surface area contributed by atoms with Crippen molar-refractivity contribution < 1.29 is 14.3 Å². The van der Waals surface area contributed by atoms with Crippen molar-refractivity contribution in [2.45, 2.75) is 52.7 Å². The lowest BCUT2D eigenvalue weighted by Gasteiger charge is -2.26. The Balaban J connectivity index is 4.71. The molecule has 0 saturated heterocycles. The third-order valence-electron chi connectivity index (χ3n) is 2.16. The highest BCUT2D eigenvalue weighted by Gasteiger charge is 2.35. The molecule has 6 nitrogen and oxygen atoms in total. The number of nitrogens with zero attached hydrogens (tertiary/aromatic N) is 1. The van der Waals surface area contributed by atoms with E-state index in [2.05, 4.69) is 10.3 Å². The largest absolute Gasteiger partial charge is 0.449 e. The monoisotopic (exact) mass is 243 g/mol. The number of hydrogen-bond acceptors (Lipinski definition) is 4. The van der Waals surface area contributed by atoms with Gasteiger partial charge in [-0.25, -0.2) is 0 Å². The fourth-order valence-electron chi connectivity index (χ4n) is 1.16. The van der Waals surface area contributed by atoms with Crippen LogP contribution in [0.1, 0.15) is 41.0 Å². The molecule has 0 saturated carbocycles. The van der Waals surface area contributed by atoms with Gasteiger partial charge in [-0.1, -0.05) is 6.92 Å². The van der Waals surface area contributed by atoms with Crippen molar-refractivity contribution in [2.75, 3.05) is 0 Å². The number of esters is 1. The summed E-state index contributed by atoms with van der Waals surface area (Å²) in [5.74, 6) is -0.960. The SMILES string of the molecule is CCC(C)(OC(C)=O)C(=O)NC(N)=NC(C)C. The van der Waals surface area contributed by atoms with E-state index in [0.717, 1.165) is 0 Å². The standard InChI is InChI=1S/C11H21N3O3/c1-6-11(5,17-8(4)15)9(16)14-10(12)13-7(2)3/h7H,6H2,1-5H3,(H3,12,13,14,16). The summed E-state index contributed by atoms with van der Waals surface area (Å²) in [7, 11) is 0. The summed E-state index contributed by atoms with van der Waals surface area (Å²) >= 11 is 0. The third kappa shape index (κ3) is 5.33. The third-order valence-corrected chi connectivity index (χ3v) is 2.16. The minimum absolute atomic E-state index is 0.0168. The molecule has 1 atom stereocenters. The van der Waals surface area contributed by atoms with Crippen LogP contribution < -0.4 is 11.1 Å². The van der Waals surface area contributed by atoms with Crippen LogP contribution in [0, 0.1) is 0 Å². The summed E-state index contributed by atoms with van der Waals surface area (Å²) in [6.45, 7) is 8.21. The van der Waals surface area contributed by atoms with E-state index in [1.54, 1.807) is 6.92 Å². The normalized spacial score (nSPS) is 15.3. The Hall–Kier alpha value is -1.59. The van der Waals surface area contributed by atoms with Crippen molar-refractivity contribution >= 4 is 17.8 Å². The molecule has 0 aromatic rings. The van der Waals surface area contributed by atoms with Crippen LogP contribution in [-0.4, -0.2) is 29.5 Å². The maximum atomic E-state index is 11.9. The molecule has 98 valence electrons. The van der Waals surface area contributed by atoms with Crippen molar-refractivity contribution in [1.82, 2.24) is 5.32 Å². The molecule has 0 aliphatic heterocycles. The quantitative estimate of drug-likeness (QED) is 0.428. The van der Waals surface area contributed by atoms with Gasteiger partial charge in [-0.2, -0.15) is 0 Å². The molecule has 0 rings (SSSR count). The van der Waals surface area contributed by atoms with E-state index in [1.165, 1.54) is 13.8 Å². The van der Waals surface area contributed by atoms with Crippen LogP contribution in [0.3, 0.4) is 0 Å². The number of guanidine groups is 1. The number of nitrogens with one attached hydrogen (secondary N) is 1. The molecule has 0 aliphatic carbocycles. The number of hydrogen-bond donors (Lipinski definition) is 2. The first-order valence-electron chi connectivity index (χ1n) is 5.55. The molecule has 1 amide bonds. The predicted octanol–water partition coefficient (Wildman–Crippen LogP) is 0.558. The highest BCUT2D eigenvalue weighted by Crippen LogP contribution is 2.15. The molecule has 0 bridgehead atoms. The molecule has 0 radical (unpaired) electrons.